The van der Waals surface area contributed by atoms with Gasteiger partial charge in [0.2, 0.25) is 5.91 Å². The van der Waals surface area contributed by atoms with E-state index < -0.39 is 5.54 Å². The lowest BCUT2D eigenvalue weighted by molar-refractivity contribution is -0.125. The van der Waals surface area contributed by atoms with Crippen LogP contribution in [0.15, 0.2) is 48.5 Å². The van der Waals surface area contributed by atoms with Gasteiger partial charge in [0.25, 0.3) is 0 Å². The summed E-state index contributed by atoms with van der Waals surface area (Å²) < 4.78 is 5.32. The second-order valence-electron chi connectivity index (χ2n) is 8.88. The van der Waals surface area contributed by atoms with Crippen molar-refractivity contribution >= 4 is 29.8 Å². The molecule has 1 spiro atoms. The highest BCUT2D eigenvalue weighted by molar-refractivity contribution is 6.00. The zero-order valence-corrected chi connectivity index (χ0v) is 19.2. The molecule has 170 valence electrons. The third-order valence-electron chi connectivity index (χ3n) is 7.28. The van der Waals surface area contributed by atoms with Gasteiger partial charge in [-0.2, -0.15) is 0 Å². The molecule has 2 aliphatic heterocycles. The van der Waals surface area contributed by atoms with E-state index in [9.17, 15) is 9.59 Å². The van der Waals surface area contributed by atoms with Crippen molar-refractivity contribution in [2.45, 2.75) is 31.2 Å². The molecule has 6 nitrogen and oxygen atoms in total. The number of amides is 1. The molecular weight excluding hydrogens is 426 g/mol. The van der Waals surface area contributed by atoms with Crippen LogP contribution in [0.4, 0.5) is 5.69 Å². The van der Waals surface area contributed by atoms with Gasteiger partial charge in [-0.1, -0.05) is 24.3 Å². The number of hydrogen-bond acceptors (Lipinski definition) is 5. The fourth-order valence-electron chi connectivity index (χ4n) is 5.43. The van der Waals surface area contributed by atoms with E-state index in [1.54, 1.807) is 7.11 Å². The number of methoxy groups -OCH3 is 1. The van der Waals surface area contributed by atoms with Crippen LogP contribution in [0.3, 0.4) is 0 Å². The molecule has 2 heterocycles. The Morgan fingerprint density at radius 3 is 2.56 bits per heavy atom. The number of ketones is 1. The predicted molar refractivity (Wildman–Crippen MR) is 127 cm³/mol. The third-order valence-corrected chi connectivity index (χ3v) is 7.28. The average molecular weight is 456 g/mol. The highest BCUT2D eigenvalue weighted by Gasteiger charge is 2.50. The number of rotatable bonds is 4. The van der Waals surface area contributed by atoms with Crippen LogP contribution < -0.4 is 15.0 Å². The fraction of sp³-hybridized carbons (Fsp3) is 0.440. The summed E-state index contributed by atoms with van der Waals surface area (Å²) in [5, 5.41) is 3.06. The zero-order valence-electron chi connectivity index (χ0n) is 18.4. The number of anilines is 1. The van der Waals surface area contributed by atoms with Crippen molar-refractivity contribution in [2.75, 3.05) is 38.3 Å². The second kappa shape index (κ2) is 9.12. The van der Waals surface area contributed by atoms with Crippen molar-refractivity contribution in [1.29, 1.82) is 0 Å². The summed E-state index contributed by atoms with van der Waals surface area (Å²) in [6.45, 7) is 2.97. The number of likely N-dealkylation sites (tertiary alicyclic amines) is 1. The third kappa shape index (κ3) is 3.86. The monoisotopic (exact) mass is 455 g/mol. The van der Waals surface area contributed by atoms with Crippen molar-refractivity contribution in [3.63, 3.8) is 0 Å². The van der Waals surface area contributed by atoms with Gasteiger partial charge in [-0.25, -0.2) is 0 Å². The summed E-state index contributed by atoms with van der Waals surface area (Å²) >= 11 is 0. The number of nitrogens with zero attached hydrogens (tertiary/aromatic N) is 2. The lowest BCUT2D eigenvalue weighted by atomic mass is 9.81. The molecular formula is C25H30ClN3O3. The van der Waals surface area contributed by atoms with Gasteiger partial charge in [-0.05, 0) is 55.5 Å². The lowest BCUT2D eigenvalue weighted by Crippen LogP contribution is -2.57. The molecule has 0 bridgehead atoms. The Morgan fingerprint density at radius 1 is 1.09 bits per heavy atom. The smallest absolute Gasteiger partial charge is 0.247 e. The second-order valence-corrected chi connectivity index (χ2v) is 8.88. The van der Waals surface area contributed by atoms with Crippen LogP contribution >= 0.6 is 12.4 Å². The van der Waals surface area contributed by atoms with E-state index in [0.29, 0.717) is 6.67 Å². The first-order valence-corrected chi connectivity index (χ1v) is 11.2. The van der Waals surface area contributed by atoms with Crippen molar-refractivity contribution in [3.05, 3.63) is 59.7 Å². The zero-order chi connectivity index (χ0) is 21.4. The number of aryl methyl sites for hydroxylation is 1. The minimum absolute atomic E-state index is 0. The molecule has 0 aromatic heterocycles. The fourth-order valence-corrected chi connectivity index (χ4v) is 5.43. The molecule has 2 fully saturated rings. The Morgan fingerprint density at radius 2 is 1.84 bits per heavy atom. The van der Waals surface area contributed by atoms with Gasteiger partial charge in [-0.3, -0.25) is 9.59 Å². The van der Waals surface area contributed by atoms with Gasteiger partial charge < -0.3 is 19.9 Å². The van der Waals surface area contributed by atoms with Crippen molar-refractivity contribution < 1.29 is 14.3 Å². The van der Waals surface area contributed by atoms with Crippen LogP contribution in [0.2, 0.25) is 0 Å². The quantitative estimate of drug-likeness (QED) is 0.766. The topological polar surface area (TPSA) is 61.9 Å². The van der Waals surface area contributed by atoms with Gasteiger partial charge in [0.1, 0.15) is 11.3 Å². The maximum Gasteiger partial charge on any atom is 0.247 e. The molecule has 1 N–H and O–H groups in total. The summed E-state index contributed by atoms with van der Waals surface area (Å²) in [5.74, 6) is 1.10. The minimum Gasteiger partial charge on any atom is -0.497 e. The number of para-hydroxylation sites is 1. The number of piperidine rings is 1. The minimum atomic E-state index is -0.478. The molecule has 32 heavy (non-hydrogen) atoms. The predicted octanol–water partition coefficient (Wildman–Crippen LogP) is 3.29. The number of carbonyl (C=O) groups excluding carboxylic acids is 2. The maximum atomic E-state index is 13.1. The van der Waals surface area contributed by atoms with Gasteiger partial charge in [-0.15, -0.1) is 12.4 Å². The van der Waals surface area contributed by atoms with Gasteiger partial charge in [0.15, 0.2) is 5.78 Å². The largest absolute Gasteiger partial charge is 0.497 e. The number of Topliss-reactive ketones (excluding diaryl/α,β-unsaturated/α-hetero) is 1. The van der Waals surface area contributed by atoms with Crippen LogP contribution in [-0.4, -0.2) is 55.5 Å². The molecule has 1 aliphatic carbocycles. The highest BCUT2D eigenvalue weighted by atomic mass is 35.5. The van der Waals surface area contributed by atoms with Gasteiger partial charge >= 0.3 is 0 Å². The van der Waals surface area contributed by atoms with E-state index in [0.717, 1.165) is 67.9 Å². The van der Waals surface area contributed by atoms with Crippen molar-refractivity contribution in [2.24, 2.45) is 5.92 Å². The molecule has 0 radical (unpaired) electrons. The van der Waals surface area contributed by atoms with Crippen molar-refractivity contribution in [3.8, 4) is 5.75 Å². The normalized spacial score (nSPS) is 22.3. The Hall–Kier alpha value is -2.57. The SMILES string of the molecule is COc1ccc2c(c1)C(=O)C(CN1CCC3(CC1)C(=O)NCN3c1ccccc1)CC2.Cl. The molecule has 5 rings (SSSR count). The highest BCUT2D eigenvalue weighted by Crippen LogP contribution is 2.37. The van der Waals surface area contributed by atoms with E-state index in [1.807, 2.05) is 36.4 Å². The van der Waals surface area contributed by atoms with E-state index in [4.69, 9.17) is 4.74 Å². The summed E-state index contributed by atoms with van der Waals surface area (Å²) in [4.78, 5) is 30.6. The molecule has 3 aliphatic rings. The van der Waals surface area contributed by atoms with Crippen molar-refractivity contribution in [1.82, 2.24) is 10.2 Å². The molecule has 7 heteroatoms. The number of halogens is 1. The van der Waals surface area contributed by atoms with E-state index in [2.05, 4.69) is 27.2 Å². The lowest BCUT2D eigenvalue weighted by Gasteiger charge is -2.44. The Kier molecular flexibility index (Phi) is 6.45. The number of ether oxygens (including phenoxy) is 1. The average Bonchev–Trinajstić information content (AvgIpc) is 3.13. The summed E-state index contributed by atoms with van der Waals surface area (Å²) in [7, 11) is 1.63. The van der Waals surface area contributed by atoms with E-state index in [1.165, 1.54) is 0 Å². The first kappa shape index (κ1) is 22.6. The first-order valence-electron chi connectivity index (χ1n) is 11.2. The molecule has 1 unspecified atom stereocenters. The maximum absolute atomic E-state index is 13.1. The number of fused-ring (bicyclic) bond motifs is 1. The standard InChI is InChI=1S/C25H29N3O3.ClH/c1-31-21-10-9-18-7-8-19(23(29)22(18)15-21)16-27-13-11-25(12-14-27)24(30)26-17-28(25)20-5-3-2-4-6-20;/h2-6,9-10,15,19H,7-8,11-14,16-17H2,1H3,(H,26,30);1H. The first-order chi connectivity index (χ1) is 15.1. The summed E-state index contributed by atoms with van der Waals surface area (Å²) in [6, 6.07) is 16.0. The van der Waals surface area contributed by atoms with Gasteiger partial charge in [0.05, 0.1) is 13.8 Å². The van der Waals surface area contributed by atoms with Gasteiger partial charge in [0, 0.05) is 36.8 Å². The molecule has 1 amide bonds. The Balaban J connectivity index is 0.00000245. The molecule has 2 saturated heterocycles. The Labute approximate surface area is 195 Å². The number of carbonyl (C=O) groups is 2. The molecule has 2 aromatic carbocycles. The van der Waals surface area contributed by atoms with Crippen LogP contribution in [-0.2, 0) is 11.2 Å². The van der Waals surface area contributed by atoms with E-state index in [-0.39, 0.29) is 30.0 Å². The Bertz CT molecular complexity index is 989. The van der Waals surface area contributed by atoms with Crippen LogP contribution in [0.5, 0.6) is 5.75 Å². The number of hydrogen-bond donors (Lipinski definition) is 1. The van der Waals surface area contributed by atoms with Crippen LogP contribution in [0.1, 0.15) is 35.2 Å². The van der Waals surface area contributed by atoms with E-state index >= 15 is 0 Å². The molecule has 2 aromatic rings. The van der Waals surface area contributed by atoms with Crippen LogP contribution in [0, 0.1) is 5.92 Å². The number of benzene rings is 2. The van der Waals surface area contributed by atoms with Crippen LogP contribution in [0.25, 0.3) is 0 Å². The molecule has 0 saturated carbocycles. The number of nitrogens with one attached hydrogen (secondary N) is 1. The molecule has 1 atom stereocenters. The summed E-state index contributed by atoms with van der Waals surface area (Å²) in [5.41, 5.74) is 2.55. The summed E-state index contributed by atoms with van der Waals surface area (Å²) in [6.07, 6.45) is 3.37.